The summed E-state index contributed by atoms with van der Waals surface area (Å²) >= 11 is 0. The molecule has 4 heteroatoms. The van der Waals surface area contributed by atoms with Gasteiger partial charge in [-0.05, 0) is 78.3 Å². The molecule has 1 aliphatic heterocycles. The summed E-state index contributed by atoms with van der Waals surface area (Å²) in [5.74, 6) is 0.152. The maximum atomic E-state index is 12.6. The quantitative estimate of drug-likeness (QED) is 0.306. The zero-order valence-electron chi connectivity index (χ0n) is 21.5. The monoisotopic (exact) mass is 478 g/mol. The minimum absolute atomic E-state index is 0.244. The molecule has 1 unspecified atom stereocenters. The van der Waals surface area contributed by atoms with Crippen molar-refractivity contribution in [2.45, 2.75) is 33.2 Å². The van der Waals surface area contributed by atoms with E-state index in [0.29, 0.717) is 11.5 Å². The molecule has 1 aliphatic rings. The van der Waals surface area contributed by atoms with Crippen LogP contribution in [0.1, 0.15) is 45.6 Å². The van der Waals surface area contributed by atoms with Gasteiger partial charge in [0.05, 0.1) is 12.7 Å². The summed E-state index contributed by atoms with van der Waals surface area (Å²) in [7, 11) is 1.45. The van der Waals surface area contributed by atoms with Crippen molar-refractivity contribution in [3.8, 4) is 0 Å². The topological polar surface area (TPSA) is 41.6 Å². The number of fused-ring (bicyclic) bond motifs is 2. The number of carbonyl (C=O) groups is 1. The molecule has 5 rings (SSSR count). The fourth-order valence-electron chi connectivity index (χ4n) is 5.67. The van der Waals surface area contributed by atoms with E-state index in [-0.39, 0.29) is 12.0 Å². The molecule has 0 aliphatic carbocycles. The third kappa shape index (κ3) is 4.49. The lowest BCUT2D eigenvalue weighted by Gasteiger charge is -2.38. The molecule has 4 nitrogen and oxygen atoms in total. The minimum atomic E-state index is -0.278. The van der Waals surface area contributed by atoms with Crippen molar-refractivity contribution in [3.63, 3.8) is 0 Å². The van der Waals surface area contributed by atoms with E-state index in [2.05, 4.69) is 89.9 Å². The van der Waals surface area contributed by atoms with Crippen molar-refractivity contribution < 1.29 is 9.53 Å². The highest BCUT2D eigenvalue weighted by molar-refractivity contribution is 5.95. The van der Waals surface area contributed by atoms with Gasteiger partial charge in [0.25, 0.3) is 0 Å². The maximum Gasteiger partial charge on any atom is 0.338 e. The molecule has 0 fully saturated rings. The van der Waals surface area contributed by atoms with Gasteiger partial charge in [-0.3, -0.25) is 0 Å². The average Bonchev–Trinajstić information content (AvgIpc) is 2.91. The number of rotatable bonds is 6. The normalized spacial score (nSPS) is 16.0. The van der Waals surface area contributed by atoms with Gasteiger partial charge >= 0.3 is 5.97 Å². The zero-order valence-corrected chi connectivity index (χ0v) is 21.5. The first-order valence-corrected chi connectivity index (χ1v) is 12.7. The number of ether oxygens (including phenoxy) is 1. The largest absolute Gasteiger partial charge is 0.465 e. The summed E-state index contributed by atoms with van der Waals surface area (Å²) in [4.78, 5) is 14.9. The average molecular weight is 479 g/mol. The summed E-state index contributed by atoms with van der Waals surface area (Å²) in [5, 5.41) is 6.41. The number of hydrogen-bond acceptors (Lipinski definition) is 4. The third-order valence-corrected chi connectivity index (χ3v) is 7.56. The van der Waals surface area contributed by atoms with Crippen LogP contribution in [0.4, 0.5) is 11.4 Å². The Morgan fingerprint density at radius 1 is 0.972 bits per heavy atom. The molecule has 2 atom stereocenters. The van der Waals surface area contributed by atoms with Crippen LogP contribution in [0.5, 0.6) is 0 Å². The van der Waals surface area contributed by atoms with Crippen LogP contribution in [-0.4, -0.2) is 26.2 Å². The van der Waals surface area contributed by atoms with Crippen LogP contribution in [0.25, 0.3) is 10.8 Å². The first kappa shape index (κ1) is 24.1. The first-order chi connectivity index (χ1) is 17.5. The fourth-order valence-corrected chi connectivity index (χ4v) is 5.67. The van der Waals surface area contributed by atoms with E-state index in [1.54, 1.807) is 0 Å². The predicted octanol–water partition coefficient (Wildman–Crippen LogP) is 6.90. The Bertz CT molecular complexity index is 1410. The molecule has 0 bridgehead atoms. The Hall–Kier alpha value is -3.63. The number of nitrogens with zero attached hydrogens (tertiary/aromatic N) is 1. The fraction of sp³-hybridized carbons (Fsp3) is 0.281. The van der Waals surface area contributed by atoms with Gasteiger partial charge in [0.15, 0.2) is 0 Å². The summed E-state index contributed by atoms with van der Waals surface area (Å²) in [6, 6.07) is 28.2. The highest BCUT2D eigenvalue weighted by Crippen LogP contribution is 2.38. The number of methoxy groups -OCH3 is 1. The minimum Gasteiger partial charge on any atom is -0.465 e. The van der Waals surface area contributed by atoms with Gasteiger partial charge in [0.2, 0.25) is 0 Å². The third-order valence-electron chi connectivity index (χ3n) is 7.56. The first-order valence-electron chi connectivity index (χ1n) is 12.7. The summed E-state index contributed by atoms with van der Waals surface area (Å²) < 4.78 is 5.10. The van der Waals surface area contributed by atoms with Crippen LogP contribution in [0.3, 0.4) is 0 Å². The van der Waals surface area contributed by atoms with Crippen LogP contribution >= 0.6 is 0 Å². The molecule has 0 amide bonds. The second-order valence-electron chi connectivity index (χ2n) is 9.90. The van der Waals surface area contributed by atoms with E-state index in [1.807, 2.05) is 19.9 Å². The lowest BCUT2D eigenvalue weighted by atomic mass is 9.90. The van der Waals surface area contributed by atoms with E-state index in [0.717, 1.165) is 36.3 Å². The highest BCUT2D eigenvalue weighted by atomic mass is 16.5. The van der Waals surface area contributed by atoms with Gasteiger partial charge in [0.1, 0.15) is 0 Å². The molecule has 0 saturated carbocycles. The lowest BCUT2D eigenvalue weighted by molar-refractivity contribution is 0.0599. The van der Waals surface area contributed by atoms with Crippen LogP contribution in [0.2, 0.25) is 0 Å². The number of aryl methyl sites for hydroxylation is 1. The van der Waals surface area contributed by atoms with Gasteiger partial charge in [0, 0.05) is 30.5 Å². The van der Waals surface area contributed by atoms with Crippen molar-refractivity contribution in [2.24, 2.45) is 5.92 Å². The molecular weight excluding hydrogens is 444 g/mol. The lowest BCUT2D eigenvalue weighted by Crippen LogP contribution is -2.38. The van der Waals surface area contributed by atoms with Gasteiger partial charge in [-0.2, -0.15) is 0 Å². The standard InChI is InChI=1S/C32H34N2O2/c1-21-16-17-29(22(2)31(21)32(35)36-4)34-20-24(18-26-11-6-8-15-30(26)34)19-33-23(3)27-14-9-12-25-10-5-7-13-28(25)27/h5-17,23-24,33H,18-20H2,1-4H3/t23-,24?/m1/s1. The highest BCUT2D eigenvalue weighted by Gasteiger charge is 2.28. The molecule has 184 valence electrons. The number of nitrogens with one attached hydrogen (secondary N) is 1. The van der Waals surface area contributed by atoms with Crippen molar-refractivity contribution in [2.75, 3.05) is 25.1 Å². The van der Waals surface area contributed by atoms with Crippen LogP contribution in [-0.2, 0) is 11.2 Å². The van der Waals surface area contributed by atoms with Gasteiger partial charge in [-0.1, -0.05) is 66.7 Å². The van der Waals surface area contributed by atoms with Gasteiger partial charge in [-0.25, -0.2) is 4.79 Å². The van der Waals surface area contributed by atoms with Gasteiger partial charge < -0.3 is 15.0 Å². The van der Waals surface area contributed by atoms with Crippen LogP contribution < -0.4 is 10.2 Å². The Morgan fingerprint density at radius 3 is 2.56 bits per heavy atom. The Labute approximate surface area is 213 Å². The molecule has 0 aromatic heterocycles. The number of anilines is 2. The second kappa shape index (κ2) is 10.2. The number of benzene rings is 4. The Kier molecular flexibility index (Phi) is 6.80. The second-order valence-corrected chi connectivity index (χ2v) is 9.90. The SMILES string of the molecule is COC(=O)c1c(C)ccc(N2CC(CN[C@H](C)c3cccc4ccccc34)Cc3ccccc32)c1C. The number of para-hydroxylation sites is 1. The number of carbonyl (C=O) groups excluding carboxylic acids is 1. The van der Waals surface area contributed by atoms with Gasteiger partial charge in [-0.15, -0.1) is 0 Å². The van der Waals surface area contributed by atoms with E-state index < -0.39 is 0 Å². The number of esters is 1. The molecule has 4 aromatic rings. The Morgan fingerprint density at radius 2 is 1.72 bits per heavy atom. The zero-order chi connectivity index (χ0) is 25.2. The molecular formula is C32H34N2O2. The molecule has 4 aromatic carbocycles. The molecule has 36 heavy (non-hydrogen) atoms. The molecule has 0 saturated heterocycles. The van der Waals surface area contributed by atoms with E-state index in [1.165, 1.54) is 34.7 Å². The molecule has 1 heterocycles. The maximum absolute atomic E-state index is 12.6. The van der Waals surface area contributed by atoms with Crippen molar-refractivity contribution in [1.82, 2.24) is 5.32 Å². The summed E-state index contributed by atoms with van der Waals surface area (Å²) in [5.41, 5.74) is 7.53. The van der Waals surface area contributed by atoms with E-state index in [9.17, 15) is 4.79 Å². The predicted molar refractivity (Wildman–Crippen MR) is 148 cm³/mol. The van der Waals surface area contributed by atoms with Crippen molar-refractivity contribution in [1.29, 1.82) is 0 Å². The van der Waals surface area contributed by atoms with Crippen molar-refractivity contribution in [3.05, 3.63) is 107 Å². The molecule has 0 radical (unpaired) electrons. The number of hydrogen-bond donors (Lipinski definition) is 1. The summed E-state index contributed by atoms with van der Waals surface area (Å²) in [6.07, 6.45) is 1.02. The molecule has 1 N–H and O–H groups in total. The summed E-state index contributed by atoms with van der Waals surface area (Å²) in [6.45, 7) is 8.04. The Balaban J connectivity index is 1.42. The van der Waals surface area contributed by atoms with Crippen LogP contribution in [0, 0.1) is 19.8 Å². The van der Waals surface area contributed by atoms with E-state index >= 15 is 0 Å². The smallest absolute Gasteiger partial charge is 0.338 e. The van der Waals surface area contributed by atoms with Crippen LogP contribution in [0.15, 0.2) is 78.9 Å². The molecule has 0 spiro atoms. The van der Waals surface area contributed by atoms with E-state index in [4.69, 9.17) is 4.74 Å². The van der Waals surface area contributed by atoms with Crippen molar-refractivity contribution >= 4 is 28.1 Å².